The predicted octanol–water partition coefficient (Wildman–Crippen LogP) is 11.1. The third kappa shape index (κ3) is 15.4. The van der Waals surface area contributed by atoms with E-state index >= 15 is 0 Å². The Labute approximate surface area is 350 Å². The fourth-order valence-electron chi connectivity index (χ4n) is 8.43. The maximum atomic E-state index is 14.1. The first-order valence-corrected chi connectivity index (χ1v) is 22.6. The highest BCUT2D eigenvalue weighted by atomic mass is 16.5. The van der Waals surface area contributed by atoms with Crippen molar-refractivity contribution in [3.8, 4) is 11.5 Å². The number of nitrogens with one attached hydrogen (secondary N) is 1. The van der Waals surface area contributed by atoms with Gasteiger partial charge in [0.1, 0.15) is 17.1 Å². The molecule has 1 aliphatic heterocycles. The highest BCUT2D eigenvalue weighted by molar-refractivity contribution is 5.77. The molecular weight excluding hydrogens is 725 g/mol. The van der Waals surface area contributed by atoms with Crippen molar-refractivity contribution >= 4 is 11.8 Å². The quantitative estimate of drug-likeness (QED) is 0.0652. The summed E-state index contributed by atoms with van der Waals surface area (Å²) in [5.41, 5.74) is 1.64. The zero-order chi connectivity index (χ0) is 41.3. The number of carbonyl (C=O) groups is 2. The van der Waals surface area contributed by atoms with E-state index in [0.717, 1.165) is 53.9 Å². The van der Waals surface area contributed by atoms with E-state index in [0.29, 0.717) is 38.8 Å². The van der Waals surface area contributed by atoms with Crippen molar-refractivity contribution in [1.29, 1.82) is 0 Å². The number of aliphatic hydroxyl groups is 1. The molecular formula is C50H74N2O6. The van der Waals surface area contributed by atoms with Gasteiger partial charge in [-0.25, -0.2) is 0 Å². The van der Waals surface area contributed by atoms with E-state index in [2.05, 4.69) is 12.2 Å². The van der Waals surface area contributed by atoms with Crippen molar-refractivity contribution in [3.63, 3.8) is 0 Å². The van der Waals surface area contributed by atoms with Crippen LogP contribution in [0.15, 0.2) is 78.9 Å². The minimum Gasteiger partial charge on any atom is -0.497 e. The first-order valence-electron chi connectivity index (χ1n) is 22.6. The third-order valence-electron chi connectivity index (χ3n) is 11.8. The molecule has 0 aliphatic carbocycles. The van der Waals surface area contributed by atoms with E-state index in [9.17, 15) is 14.7 Å². The second-order valence-electron chi connectivity index (χ2n) is 16.3. The molecule has 2 amide bonds. The molecule has 1 heterocycles. The van der Waals surface area contributed by atoms with E-state index in [-0.39, 0.29) is 18.4 Å². The summed E-state index contributed by atoms with van der Waals surface area (Å²) >= 11 is 0. The molecule has 3 aromatic carbocycles. The standard InChI is InChI=1S/C50H74N2O6/c1-4-5-6-7-8-9-10-11-12-13-14-15-16-17-22-27-48(54)51-37-24-19-23-28-49(55)52-39-44(53)38-47(52)50(42-29-33-45(56-2)34-30-42,43-31-35-46(57-3)36-32-43)58-40-41-25-20-18-21-26-41/h18,20-21,25-26,29-36,44,47,53H,4-17,19,22-24,27-28,37-40H2,1-3H3,(H,51,54). The fraction of sp³-hybridized carbons (Fsp3) is 0.600. The summed E-state index contributed by atoms with van der Waals surface area (Å²) in [7, 11) is 3.28. The highest BCUT2D eigenvalue weighted by Crippen LogP contribution is 2.45. The molecule has 2 unspecified atom stereocenters. The van der Waals surface area contributed by atoms with Gasteiger partial charge in [-0.2, -0.15) is 0 Å². The summed E-state index contributed by atoms with van der Waals surface area (Å²) in [6, 6.07) is 25.2. The molecule has 0 saturated carbocycles. The number of unbranched alkanes of at least 4 members (excludes halogenated alkanes) is 16. The number of aliphatic hydroxyl groups excluding tert-OH is 1. The van der Waals surface area contributed by atoms with Gasteiger partial charge in [0.25, 0.3) is 0 Å². The number of likely N-dealkylation sites (tertiary alicyclic amines) is 1. The Morgan fingerprint density at radius 3 is 1.66 bits per heavy atom. The van der Waals surface area contributed by atoms with Crippen LogP contribution in [0.4, 0.5) is 0 Å². The van der Waals surface area contributed by atoms with Crippen molar-refractivity contribution in [2.24, 2.45) is 0 Å². The molecule has 2 atom stereocenters. The van der Waals surface area contributed by atoms with Gasteiger partial charge >= 0.3 is 0 Å². The number of rotatable bonds is 30. The molecule has 320 valence electrons. The maximum absolute atomic E-state index is 14.1. The lowest BCUT2D eigenvalue weighted by molar-refractivity contribution is -0.141. The van der Waals surface area contributed by atoms with E-state index in [1.807, 2.05) is 83.8 Å². The number of carbonyl (C=O) groups excluding carboxylic acids is 2. The lowest BCUT2D eigenvalue weighted by atomic mass is 9.78. The van der Waals surface area contributed by atoms with E-state index in [1.165, 1.54) is 83.5 Å². The zero-order valence-corrected chi connectivity index (χ0v) is 36.1. The normalized spacial score (nSPS) is 15.4. The first kappa shape index (κ1) is 46.8. The van der Waals surface area contributed by atoms with E-state index in [1.54, 1.807) is 14.2 Å². The summed E-state index contributed by atoms with van der Waals surface area (Å²) in [5, 5.41) is 14.3. The maximum Gasteiger partial charge on any atom is 0.223 e. The van der Waals surface area contributed by atoms with E-state index < -0.39 is 17.7 Å². The van der Waals surface area contributed by atoms with Crippen molar-refractivity contribution in [3.05, 3.63) is 95.6 Å². The summed E-state index contributed by atoms with van der Waals surface area (Å²) in [5.74, 6) is 1.56. The first-order chi connectivity index (χ1) is 28.4. The third-order valence-corrected chi connectivity index (χ3v) is 11.8. The molecule has 3 aromatic rings. The Bertz CT molecular complexity index is 1500. The molecule has 8 nitrogen and oxygen atoms in total. The Hall–Kier alpha value is -3.88. The summed E-state index contributed by atoms with van der Waals surface area (Å²) < 4.78 is 18.1. The van der Waals surface area contributed by atoms with Gasteiger partial charge < -0.3 is 29.5 Å². The van der Waals surface area contributed by atoms with Crippen LogP contribution in [0.1, 0.15) is 158 Å². The number of hydrogen-bond acceptors (Lipinski definition) is 6. The summed E-state index contributed by atoms with van der Waals surface area (Å²) in [4.78, 5) is 28.4. The SMILES string of the molecule is CCCCCCCCCCCCCCCCCC(=O)NCCCCCC(=O)N1CC(O)CC1C(OCc1ccccc1)(c1ccc(OC)cc1)c1ccc(OC)cc1. The van der Waals surface area contributed by atoms with Crippen molar-refractivity contribution in [2.75, 3.05) is 27.3 Å². The molecule has 4 rings (SSSR count). The number of amides is 2. The van der Waals surface area contributed by atoms with Gasteiger partial charge in [0.15, 0.2) is 0 Å². The van der Waals surface area contributed by atoms with Gasteiger partial charge in [0, 0.05) is 25.9 Å². The molecule has 8 heteroatoms. The van der Waals surface area contributed by atoms with Crippen LogP contribution < -0.4 is 14.8 Å². The number of nitrogens with zero attached hydrogens (tertiary/aromatic N) is 1. The molecule has 0 radical (unpaired) electrons. The molecule has 0 bridgehead atoms. The Balaban J connectivity index is 1.23. The Morgan fingerprint density at radius 2 is 1.14 bits per heavy atom. The van der Waals surface area contributed by atoms with Gasteiger partial charge in [0.05, 0.1) is 33.0 Å². The zero-order valence-electron chi connectivity index (χ0n) is 36.1. The number of ether oxygens (including phenoxy) is 3. The minimum atomic E-state index is -1.10. The highest BCUT2D eigenvalue weighted by Gasteiger charge is 2.51. The summed E-state index contributed by atoms with van der Waals surface area (Å²) in [6.45, 7) is 3.44. The van der Waals surface area contributed by atoms with Gasteiger partial charge in [-0.1, -0.05) is 158 Å². The van der Waals surface area contributed by atoms with Crippen LogP contribution in [0.5, 0.6) is 11.5 Å². The fourth-order valence-corrected chi connectivity index (χ4v) is 8.43. The average molecular weight is 799 g/mol. The van der Waals surface area contributed by atoms with Crippen LogP contribution >= 0.6 is 0 Å². The molecule has 2 N–H and O–H groups in total. The topological polar surface area (TPSA) is 97.3 Å². The average Bonchev–Trinajstić information content (AvgIpc) is 3.66. The second-order valence-corrected chi connectivity index (χ2v) is 16.3. The van der Waals surface area contributed by atoms with Crippen molar-refractivity contribution < 1.29 is 28.9 Å². The van der Waals surface area contributed by atoms with Crippen LogP contribution in [0.25, 0.3) is 0 Å². The lowest BCUT2D eigenvalue weighted by Gasteiger charge is -2.44. The van der Waals surface area contributed by atoms with Crippen molar-refractivity contribution in [1.82, 2.24) is 10.2 Å². The second kappa shape index (κ2) is 27.0. The van der Waals surface area contributed by atoms with Crippen LogP contribution in [0, 0.1) is 0 Å². The molecule has 1 saturated heterocycles. The molecule has 58 heavy (non-hydrogen) atoms. The largest absolute Gasteiger partial charge is 0.497 e. The number of β-amino-alcohol motifs (C(OH)–C–C–N with tert-alkyl or cyclic N) is 1. The molecule has 0 spiro atoms. The van der Waals surface area contributed by atoms with Gasteiger partial charge in [-0.15, -0.1) is 0 Å². The monoisotopic (exact) mass is 799 g/mol. The lowest BCUT2D eigenvalue weighted by Crippen LogP contribution is -2.52. The van der Waals surface area contributed by atoms with Gasteiger partial charge in [-0.3, -0.25) is 9.59 Å². The number of hydrogen-bond donors (Lipinski definition) is 2. The van der Waals surface area contributed by atoms with Gasteiger partial charge in [-0.05, 0) is 66.6 Å². The van der Waals surface area contributed by atoms with Crippen molar-refractivity contribution in [2.45, 2.75) is 166 Å². The molecule has 0 aromatic heterocycles. The molecule has 1 fully saturated rings. The van der Waals surface area contributed by atoms with E-state index in [4.69, 9.17) is 14.2 Å². The number of benzene rings is 3. The van der Waals surface area contributed by atoms with Crippen LogP contribution in [0.3, 0.4) is 0 Å². The summed E-state index contributed by atoms with van der Waals surface area (Å²) in [6.07, 6.45) is 22.7. The van der Waals surface area contributed by atoms with Gasteiger partial charge in [0.2, 0.25) is 11.8 Å². The Kier molecular flexibility index (Phi) is 21.8. The molecule has 1 aliphatic rings. The Morgan fingerprint density at radius 1 is 0.655 bits per heavy atom. The number of methoxy groups -OCH3 is 2. The van der Waals surface area contributed by atoms with Crippen LogP contribution in [0.2, 0.25) is 0 Å². The predicted molar refractivity (Wildman–Crippen MR) is 235 cm³/mol. The van der Waals surface area contributed by atoms with Crippen LogP contribution in [-0.4, -0.2) is 61.3 Å². The smallest absolute Gasteiger partial charge is 0.223 e. The van der Waals surface area contributed by atoms with Crippen LogP contribution in [-0.2, 0) is 26.5 Å². The minimum absolute atomic E-state index is 0.00605.